The lowest BCUT2D eigenvalue weighted by molar-refractivity contribution is -0.218. The number of hydrogen-bond acceptors (Lipinski definition) is 12. The van der Waals surface area contributed by atoms with Gasteiger partial charge in [-0.25, -0.2) is 22.8 Å². The molecule has 39 heavy (non-hydrogen) atoms. The molecule has 232 valence electrons. The second-order valence-electron chi connectivity index (χ2n) is 7.65. The van der Waals surface area contributed by atoms with E-state index in [1.54, 1.807) is 0 Å². The zero-order valence-electron chi connectivity index (χ0n) is 19.2. The molecule has 1 fully saturated rings. The number of hydrogen-bond donors (Lipinski definition) is 10. The summed E-state index contributed by atoms with van der Waals surface area (Å²) in [5.41, 5.74) is 0. The van der Waals surface area contributed by atoms with Crippen molar-refractivity contribution < 1.29 is 104 Å². The smallest absolute Gasteiger partial charge is 0.373 e. The van der Waals surface area contributed by atoms with Crippen LogP contribution in [0.4, 0.5) is 0 Å². The van der Waals surface area contributed by atoms with Gasteiger partial charge in [-0.05, 0) is 12.8 Å². The third-order valence-electron chi connectivity index (χ3n) is 4.51. The Balaban J connectivity index is 3.80. The maximum absolute atomic E-state index is 11.7. The molecule has 0 heterocycles. The number of unbranched alkanes of at least 4 members (excludes halogenated alkanes) is 3. The standard InChI is InChI=1S/C12H27O22P5/c13-5-3-1-2-4-6-29-7-8(30-35(14,15)16)10(32-37(20,21)22)12(34-39(26,27)28)11(33-38(23,24)25)9(7)31-36(17,18)19/h5,7-12H,1-4,6H2,(H2,14,15,16)(H2,17,18,19)(H2,20,21,22)(H2,23,24,25)(H2,26,27,28)/t7?,8-,9+,10-,11-,12?/m0/s1. The molecule has 0 aromatic carbocycles. The highest BCUT2D eigenvalue weighted by Crippen LogP contribution is 2.55. The number of rotatable bonds is 17. The fourth-order valence-electron chi connectivity index (χ4n) is 3.43. The Morgan fingerprint density at radius 2 is 0.744 bits per heavy atom. The van der Waals surface area contributed by atoms with Crippen LogP contribution < -0.4 is 0 Å². The minimum Gasteiger partial charge on any atom is -0.373 e. The van der Waals surface area contributed by atoms with E-state index in [2.05, 4.69) is 22.6 Å². The first-order valence-electron chi connectivity index (χ1n) is 10.2. The van der Waals surface area contributed by atoms with E-state index < -0.39 is 82.3 Å². The van der Waals surface area contributed by atoms with Crippen LogP contribution in [0.1, 0.15) is 25.7 Å². The van der Waals surface area contributed by atoms with Crippen molar-refractivity contribution in [2.45, 2.75) is 62.3 Å². The first-order chi connectivity index (χ1) is 17.4. The molecule has 10 N–H and O–H groups in total. The largest absolute Gasteiger partial charge is 0.470 e. The Hall–Kier alpha value is 0.180. The van der Waals surface area contributed by atoms with Crippen LogP contribution in [0.3, 0.4) is 0 Å². The van der Waals surface area contributed by atoms with Gasteiger partial charge < -0.3 is 58.5 Å². The number of phosphoric acid groups is 5. The lowest BCUT2D eigenvalue weighted by Gasteiger charge is -2.48. The van der Waals surface area contributed by atoms with E-state index in [0.29, 0.717) is 12.7 Å². The summed E-state index contributed by atoms with van der Waals surface area (Å²) < 4.78 is 85.4. The van der Waals surface area contributed by atoms with Crippen molar-refractivity contribution in [3.8, 4) is 0 Å². The summed E-state index contributed by atoms with van der Waals surface area (Å²) in [5, 5.41) is 0. The predicted molar refractivity (Wildman–Crippen MR) is 119 cm³/mol. The number of ether oxygens (including phenoxy) is 1. The van der Waals surface area contributed by atoms with Gasteiger partial charge in [0.2, 0.25) is 0 Å². The molecule has 1 rings (SSSR count). The maximum Gasteiger partial charge on any atom is 0.470 e. The minimum atomic E-state index is -5.89. The number of phosphoric ester groups is 5. The Labute approximate surface area is 218 Å². The highest BCUT2D eigenvalue weighted by Gasteiger charge is 2.61. The van der Waals surface area contributed by atoms with Gasteiger partial charge in [0.05, 0.1) is 0 Å². The third-order valence-corrected chi connectivity index (χ3v) is 7.10. The van der Waals surface area contributed by atoms with E-state index in [-0.39, 0.29) is 19.3 Å². The van der Waals surface area contributed by atoms with Crippen molar-refractivity contribution in [1.29, 1.82) is 0 Å². The third kappa shape index (κ3) is 15.3. The normalized spacial score (nSPS) is 27.4. The summed E-state index contributed by atoms with van der Waals surface area (Å²) in [7, 11) is -29.2. The van der Waals surface area contributed by atoms with Crippen molar-refractivity contribution in [3.63, 3.8) is 0 Å². The molecule has 6 atom stereocenters. The van der Waals surface area contributed by atoms with Gasteiger partial charge in [-0.1, -0.05) is 6.42 Å². The van der Waals surface area contributed by atoms with Gasteiger partial charge >= 0.3 is 39.1 Å². The molecule has 0 bridgehead atoms. The Morgan fingerprint density at radius 3 is 1.00 bits per heavy atom. The molecule has 0 aromatic heterocycles. The second-order valence-corrected chi connectivity index (χ2v) is 13.6. The van der Waals surface area contributed by atoms with Gasteiger partial charge in [0.15, 0.2) is 0 Å². The minimum absolute atomic E-state index is 0.0199. The summed E-state index contributed by atoms with van der Waals surface area (Å²) >= 11 is 0. The molecule has 0 saturated heterocycles. The SMILES string of the molecule is O=CCCCCCOC1[C@@H](OP(=O)(O)O)[C@H](OP(=O)(O)O)C(OP(=O)(O)O)[C@@H](OP(=O)(O)O)[C@H]1OP(=O)(O)O. The van der Waals surface area contributed by atoms with Gasteiger partial charge in [-0.2, -0.15) is 0 Å². The fraction of sp³-hybridized carbons (Fsp3) is 0.917. The average molecular weight is 678 g/mol. The van der Waals surface area contributed by atoms with E-state index in [9.17, 15) is 76.6 Å². The maximum atomic E-state index is 11.7. The van der Waals surface area contributed by atoms with Gasteiger partial charge in [0.25, 0.3) is 0 Å². The molecule has 22 nitrogen and oxygen atoms in total. The lowest BCUT2D eigenvalue weighted by atomic mass is 9.85. The zero-order valence-corrected chi connectivity index (χ0v) is 23.7. The first-order valence-corrected chi connectivity index (χ1v) is 17.8. The topological polar surface area (TPSA) is 360 Å². The lowest BCUT2D eigenvalue weighted by Crippen LogP contribution is -2.66. The highest BCUT2D eigenvalue weighted by molar-refractivity contribution is 7.47. The molecule has 2 unspecified atom stereocenters. The number of aldehydes is 1. The molecule has 0 amide bonds. The van der Waals surface area contributed by atoms with E-state index >= 15 is 0 Å². The molecule has 0 aromatic rings. The van der Waals surface area contributed by atoms with Crippen molar-refractivity contribution in [1.82, 2.24) is 0 Å². The van der Waals surface area contributed by atoms with Gasteiger partial charge in [0, 0.05) is 13.0 Å². The number of carbonyl (C=O) groups is 1. The monoisotopic (exact) mass is 678 g/mol. The van der Waals surface area contributed by atoms with Crippen molar-refractivity contribution in [2.24, 2.45) is 0 Å². The number of carbonyl (C=O) groups excluding carboxylic acids is 1. The van der Waals surface area contributed by atoms with Crippen LogP contribution in [0.5, 0.6) is 0 Å². The summed E-state index contributed by atoms with van der Waals surface area (Å²) in [6.45, 7) is -0.527. The Morgan fingerprint density at radius 1 is 0.462 bits per heavy atom. The molecule has 1 aliphatic carbocycles. The van der Waals surface area contributed by atoms with Crippen LogP contribution in [-0.4, -0.2) is 98.5 Å². The van der Waals surface area contributed by atoms with E-state index in [4.69, 9.17) is 4.74 Å². The molecule has 1 saturated carbocycles. The Kier molecular flexibility index (Phi) is 13.9. The molecule has 0 aliphatic heterocycles. The summed E-state index contributed by atoms with van der Waals surface area (Å²) in [6.07, 6.45) is -15.0. The zero-order chi connectivity index (χ0) is 30.4. The van der Waals surface area contributed by atoms with Crippen molar-refractivity contribution in [2.75, 3.05) is 6.61 Å². The summed E-state index contributed by atoms with van der Waals surface area (Å²) in [4.78, 5) is 104. The van der Waals surface area contributed by atoms with E-state index in [1.807, 2.05) is 0 Å². The second kappa shape index (κ2) is 14.6. The van der Waals surface area contributed by atoms with Crippen molar-refractivity contribution >= 4 is 45.4 Å². The predicted octanol–water partition coefficient (Wildman–Crippen LogP) is -1.47. The molecule has 27 heteroatoms. The quantitative estimate of drug-likeness (QED) is 0.0477. The molecule has 0 radical (unpaired) electrons. The fourth-order valence-corrected chi connectivity index (χ4v) is 6.22. The van der Waals surface area contributed by atoms with Crippen LogP contribution in [0.25, 0.3) is 0 Å². The van der Waals surface area contributed by atoms with Crippen molar-refractivity contribution in [3.05, 3.63) is 0 Å². The van der Waals surface area contributed by atoms with E-state index in [0.717, 1.165) is 0 Å². The molecular formula is C12H27O22P5. The average Bonchev–Trinajstić information content (AvgIpc) is 2.67. The van der Waals surface area contributed by atoms with Crippen LogP contribution >= 0.6 is 39.1 Å². The van der Waals surface area contributed by atoms with Gasteiger partial charge in [-0.15, -0.1) is 0 Å². The summed E-state index contributed by atoms with van der Waals surface area (Å²) in [5.74, 6) is 0. The molecular weight excluding hydrogens is 651 g/mol. The Bertz CT molecular complexity index is 974. The van der Waals surface area contributed by atoms with Crippen LogP contribution in [-0.2, 0) is 55.0 Å². The molecule has 0 spiro atoms. The van der Waals surface area contributed by atoms with Gasteiger partial charge in [-0.3, -0.25) is 22.6 Å². The van der Waals surface area contributed by atoms with Crippen LogP contribution in [0.2, 0.25) is 0 Å². The summed E-state index contributed by atoms with van der Waals surface area (Å²) in [6, 6.07) is 0. The molecule has 1 aliphatic rings. The van der Waals surface area contributed by atoms with Gasteiger partial charge in [0.1, 0.15) is 42.9 Å². The first kappa shape index (κ1) is 37.2. The van der Waals surface area contributed by atoms with Crippen LogP contribution in [0.15, 0.2) is 0 Å². The van der Waals surface area contributed by atoms with E-state index in [1.165, 1.54) is 0 Å². The highest BCUT2D eigenvalue weighted by atomic mass is 31.2. The van der Waals surface area contributed by atoms with Crippen LogP contribution in [0, 0.1) is 0 Å².